The smallest absolute Gasteiger partial charge is 0.182 e. The number of hydrogen-bond acceptors (Lipinski definition) is 2. The van der Waals surface area contributed by atoms with Gasteiger partial charge in [0.1, 0.15) is 11.6 Å². The minimum Gasteiger partial charge on any atom is -0.299 e. The van der Waals surface area contributed by atoms with Gasteiger partial charge in [0.2, 0.25) is 0 Å². The number of likely N-dealkylation sites (N-methyl/N-ethyl adjacent to an activating group) is 1. The van der Waals surface area contributed by atoms with Crippen molar-refractivity contribution in [2.75, 3.05) is 20.1 Å². The SMILES string of the molecule is CCCCCN(C)CC(=O)c1c(F)cccc1F. The maximum absolute atomic E-state index is 13.4. The number of halogens is 2. The molecule has 0 saturated carbocycles. The number of carbonyl (C=O) groups is 1. The molecule has 0 spiro atoms. The third kappa shape index (κ3) is 4.18. The Morgan fingerprint density at radius 1 is 1.22 bits per heavy atom. The van der Waals surface area contributed by atoms with Gasteiger partial charge in [0, 0.05) is 0 Å². The van der Waals surface area contributed by atoms with Crippen molar-refractivity contribution in [2.24, 2.45) is 0 Å². The molecule has 0 atom stereocenters. The van der Waals surface area contributed by atoms with Gasteiger partial charge < -0.3 is 0 Å². The van der Waals surface area contributed by atoms with E-state index in [2.05, 4.69) is 6.92 Å². The molecule has 1 aromatic carbocycles. The summed E-state index contributed by atoms with van der Waals surface area (Å²) in [6, 6.07) is 3.47. The summed E-state index contributed by atoms with van der Waals surface area (Å²) in [5.74, 6) is -2.09. The normalized spacial score (nSPS) is 10.9. The van der Waals surface area contributed by atoms with E-state index in [0.29, 0.717) is 0 Å². The molecule has 0 unspecified atom stereocenters. The minimum absolute atomic E-state index is 0.0432. The van der Waals surface area contributed by atoms with Gasteiger partial charge in [-0.15, -0.1) is 0 Å². The molecule has 2 nitrogen and oxygen atoms in total. The van der Waals surface area contributed by atoms with Crippen LogP contribution in [-0.4, -0.2) is 30.8 Å². The predicted molar refractivity (Wildman–Crippen MR) is 67.7 cm³/mol. The lowest BCUT2D eigenvalue weighted by atomic mass is 10.1. The van der Waals surface area contributed by atoms with Gasteiger partial charge in [0.25, 0.3) is 0 Å². The summed E-state index contributed by atoms with van der Waals surface area (Å²) in [5.41, 5.74) is -0.431. The van der Waals surface area contributed by atoms with Crippen LogP contribution in [0.1, 0.15) is 36.5 Å². The molecular weight excluding hydrogens is 236 g/mol. The number of carbonyl (C=O) groups excluding carboxylic acids is 1. The van der Waals surface area contributed by atoms with E-state index in [1.807, 2.05) is 0 Å². The number of Topliss-reactive ketones (excluding diaryl/α,β-unsaturated/α-hetero) is 1. The first-order valence-corrected chi connectivity index (χ1v) is 6.22. The Balaban J connectivity index is 2.60. The van der Waals surface area contributed by atoms with Crippen molar-refractivity contribution in [3.8, 4) is 0 Å². The monoisotopic (exact) mass is 255 g/mol. The van der Waals surface area contributed by atoms with E-state index in [1.165, 1.54) is 6.07 Å². The van der Waals surface area contributed by atoms with Crippen molar-refractivity contribution in [2.45, 2.75) is 26.2 Å². The molecule has 18 heavy (non-hydrogen) atoms. The first-order valence-electron chi connectivity index (χ1n) is 6.22. The average molecular weight is 255 g/mol. The zero-order valence-electron chi connectivity index (χ0n) is 10.9. The Morgan fingerprint density at radius 3 is 2.39 bits per heavy atom. The van der Waals surface area contributed by atoms with Crippen molar-refractivity contribution in [3.63, 3.8) is 0 Å². The van der Waals surface area contributed by atoms with E-state index >= 15 is 0 Å². The number of hydrogen-bond donors (Lipinski definition) is 0. The molecule has 0 heterocycles. The van der Waals surface area contributed by atoms with Crippen molar-refractivity contribution >= 4 is 5.78 Å². The van der Waals surface area contributed by atoms with Crippen molar-refractivity contribution in [1.29, 1.82) is 0 Å². The Kier molecular flexibility index (Phi) is 5.92. The van der Waals surface area contributed by atoms with Crippen LogP contribution in [0.4, 0.5) is 8.78 Å². The molecule has 0 radical (unpaired) electrons. The van der Waals surface area contributed by atoms with E-state index < -0.39 is 23.0 Å². The fraction of sp³-hybridized carbons (Fsp3) is 0.500. The highest BCUT2D eigenvalue weighted by atomic mass is 19.1. The molecular formula is C14H19F2NO. The summed E-state index contributed by atoms with van der Waals surface area (Å²) in [5, 5.41) is 0. The number of ketones is 1. The molecule has 4 heteroatoms. The van der Waals surface area contributed by atoms with Crippen LogP contribution < -0.4 is 0 Å². The molecule has 100 valence electrons. The molecule has 0 amide bonds. The molecule has 1 aromatic rings. The van der Waals surface area contributed by atoms with Gasteiger partial charge >= 0.3 is 0 Å². The summed E-state index contributed by atoms with van der Waals surface area (Å²) >= 11 is 0. The lowest BCUT2D eigenvalue weighted by Gasteiger charge is -2.15. The van der Waals surface area contributed by atoms with Crippen LogP contribution >= 0.6 is 0 Å². The highest BCUT2D eigenvalue weighted by Gasteiger charge is 2.17. The van der Waals surface area contributed by atoms with Gasteiger partial charge in [-0.25, -0.2) is 8.78 Å². The Morgan fingerprint density at radius 2 is 1.83 bits per heavy atom. The summed E-state index contributed by atoms with van der Waals surface area (Å²) in [6.45, 7) is 2.90. The van der Waals surface area contributed by atoms with Crippen LogP contribution in [0.5, 0.6) is 0 Å². The highest BCUT2D eigenvalue weighted by Crippen LogP contribution is 2.13. The number of unbranched alkanes of at least 4 members (excludes halogenated alkanes) is 2. The van der Waals surface area contributed by atoms with E-state index in [9.17, 15) is 13.6 Å². The highest BCUT2D eigenvalue weighted by molar-refractivity contribution is 5.98. The number of nitrogens with zero attached hydrogens (tertiary/aromatic N) is 1. The quantitative estimate of drug-likeness (QED) is 0.550. The largest absolute Gasteiger partial charge is 0.299 e. The van der Waals surface area contributed by atoms with Crippen LogP contribution in [0.3, 0.4) is 0 Å². The Hall–Kier alpha value is -1.29. The maximum atomic E-state index is 13.4. The van der Waals surface area contributed by atoms with Crippen LogP contribution in [0, 0.1) is 11.6 Å². The number of benzene rings is 1. The van der Waals surface area contributed by atoms with E-state index in [4.69, 9.17) is 0 Å². The second-order valence-corrected chi connectivity index (χ2v) is 4.46. The molecule has 0 aromatic heterocycles. The third-order valence-electron chi connectivity index (χ3n) is 2.80. The molecule has 0 bridgehead atoms. The van der Waals surface area contributed by atoms with Gasteiger partial charge in [-0.1, -0.05) is 25.8 Å². The maximum Gasteiger partial charge on any atom is 0.182 e. The molecule has 0 aliphatic carbocycles. The van der Waals surface area contributed by atoms with Gasteiger partial charge in [0.05, 0.1) is 12.1 Å². The first kappa shape index (κ1) is 14.8. The van der Waals surface area contributed by atoms with Gasteiger partial charge in [-0.05, 0) is 32.1 Å². The second-order valence-electron chi connectivity index (χ2n) is 4.46. The first-order chi connectivity index (χ1) is 8.56. The standard InChI is InChI=1S/C14H19F2NO/c1-3-4-5-9-17(2)10-13(18)14-11(15)7-6-8-12(14)16/h6-8H,3-5,9-10H2,1-2H3. The third-order valence-corrected chi connectivity index (χ3v) is 2.80. The van der Waals surface area contributed by atoms with Crippen LogP contribution in [0.25, 0.3) is 0 Å². The lowest BCUT2D eigenvalue weighted by molar-refractivity contribution is 0.0937. The van der Waals surface area contributed by atoms with Crippen molar-refractivity contribution < 1.29 is 13.6 Å². The van der Waals surface area contributed by atoms with Crippen LogP contribution in [0.15, 0.2) is 18.2 Å². The Bertz CT molecular complexity index is 387. The summed E-state index contributed by atoms with van der Waals surface area (Å²) in [4.78, 5) is 13.6. The van der Waals surface area contributed by atoms with E-state index in [-0.39, 0.29) is 6.54 Å². The van der Waals surface area contributed by atoms with Crippen molar-refractivity contribution in [3.05, 3.63) is 35.4 Å². The average Bonchev–Trinajstić information content (AvgIpc) is 2.29. The number of rotatable bonds is 7. The van der Waals surface area contributed by atoms with Crippen LogP contribution in [-0.2, 0) is 0 Å². The van der Waals surface area contributed by atoms with E-state index in [1.54, 1.807) is 11.9 Å². The van der Waals surface area contributed by atoms with Crippen molar-refractivity contribution in [1.82, 2.24) is 4.90 Å². The molecule has 0 aliphatic rings. The summed E-state index contributed by atoms with van der Waals surface area (Å²) in [6.07, 6.45) is 3.18. The molecule has 0 N–H and O–H groups in total. The predicted octanol–water partition coefficient (Wildman–Crippen LogP) is 3.27. The molecule has 0 saturated heterocycles. The summed E-state index contributed by atoms with van der Waals surface area (Å²) in [7, 11) is 1.78. The fourth-order valence-electron chi connectivity index (χ4n) is 1.80. The molecule has 1 rings (SSSR count). The zero-order chi connectivity index (χ0) is 13.5. The van der Waals surface area contributed by atoms with Crippen LogP contribution in [0.2, 0.25) is 0 Å². The molecule has 0 fully saturated rings. The zero-order valence-corrected chi connectivity index (χ0v) is 10.9. The lowest BCUT2D eigenvalue weighted by Crippen LogP contribution is -2.28. The Labute approximate surface area is 107 Å². The fourth-order valence-corrected chi connectivity index (χ4v) is 1.80. The topological polar surface area (TPSA) is 20.3 Å². The van der Waals surface area contributed by atoms with Gasteiger partial charge in [0.15, 0.2) is 5.78 Å². The molecule has 0 aliphatic heterocycles. The second kappa shape index (κ2) is 7.21. The minimum atomic E-state index is -0.790. The van der Waals surface area contributed by atoms with Gasteiger partial charge in [-0.2, -0.15) is 0 Å². The van der Waals surface area contributed by atoms with Gasteiger partial charge in [-0.3, -0.25) is 9.69 Å². The summed E-state index contributed by atoms with van der Waals surface area (Å²) < 4.78 is 26.8. The van der Waals surface area contributed by atoms with E-state index in [0.717, 1.165) is 37.9 Å².